The molecule has 1 nitrogen and oxygen atoms in total. The van der Waals surface area contributed by atoms with E-state index < -0.39 is 0 Å². The molecular formula is C39H56O. The van der Waals surface area contributed by atoms with Crippen molar-refractivity contribution in [3.8, 4) is 0 Å². The van der Waals surface area contributed by atoms with E-state index in [1.807, 2.05) is 12.2 Å². The van der Waals surface area contributed by atoms with Crippen LogP contribution in [0.2, 0.25) is 0 Å². The van der Waals surface area contributed by atoms with Gasteiger partial charge in [0.25, 0.3) is 0 Å². The van der Waals surface area contributed by atoms with Crippen LogP contribution in [0, 0.1) is 28.6 Å². The molecule has 2 fully saturated rings. The first-order valence-corrected chi connectivity index (χ1v) is 15.8. The summed E-state index contributed by atoms with van der Waals surface area (Å²) in [7, 11) is 0. The van der Waals surface area contributed by atoms with E-state index in [9.17, 15) is 4.79 Å². The van der Waals surface area contributed by atoms with Crippen LogP contribution in [-0.2, 0) is 4.79 Å². The van der Waals surface area contributed by atoms with Gasteiger partial charge in [-0.2, -0.15) is 0 Å². The molecule has 1 heteroatoms. The van der Waals surface area contributed by atoms with Gasteiger partial charge in [-0.05, 0) is 115 Å². The van der Waals surface area contributed by atoms with Gasteiger partial charge in [0.1, 0.15) is 6.29 Å². The summed E-state index contributed by atoms with van der Waals surface area (Å²) in [5, 5.41) is 0. The maximum absolute atomic E-state index is 11.5. The highest BCUT2D eigenvalue weighted by Gasteiger charge is 2.55. The summed E-state index contributed by atoms with van der Waals surface area (Å²) >= 11 is 0. The van der Waals surface area contributed by atoms with Crippen molar-refractivity contribution in [2.45, 2.75) is 112 Å². The van der Waals surface area contributed by atoms with Gasteiger partial charge in [0, 0.05) is 5.92 Å². The molecule has 3 aliphatic carbocycles. The average molecular weight is 541 g/mol. The largest absolute Gasteiger partial charge is 0.299 e. The van der Waals surface area contributed by atoms with Crippen LogP contribution in [0.15, 0.2) is 84.5 Å². The Hall–Kier alpha value is -2.41. The molecule has 0 amide bonds. The zero-order chi connectivity index (χ0) is 29.7. The average Bonchev–Trinajstić information content (AvgIpc) is 3.24. The summed E-state index contributed by atoms with van der Waals surface area (Å²) in [5.74, 6) is 2.80. The van der Waals surface area contributed by atoms with Crippen molar-refractivity contribution in [3.05, 3.63) is 95.6 Å². The third-order valence-corrected chi connectivity index (χ3v) is 9.95. The fraction of sp³-hybridized carbons (Fsp3) is 0.564. The minimum Gasteiger partial charge on any atom is -0.299 e. The van der Waals surface area contributed by atoms with E-state index in [0.717, 1.165) is 37.9 Å². The van der Waals surface area contributed by atoms with Crippen LogP contribution in [0.25, 0.3) is 0 Å². The second-order valence-corrected chi connectivity index (χ2v) is 14.3. The number of rotatable bonds is 8. The second kappa shape index (κ2) is 13.5. The third-order valence-electron chi connectivity index (χ3n) is 9.95. The van der Waals surface area contributed by atoms with Crippen molar-refractivity contribution in [1.29, 1.82) is 0 Å². The van der Waals surface area contributed by atoms with Gasteiger partial charge in [0.05, 0.1) is 0 Å². The Bertz CT molecular complexity index is 1120. The molecule has 40 heavy (non-hydrogen) atoms. The van der Waals surface area contributed by atoms with Gasteiger partial charge < -0.3 is 0 Å². The maximum Gasteiger partial charge on any atom is 0.143 e. The third kappa shape index (κ3) is 7.07. The topological polar surface area (TPSA) is 17.1 Å². The molecule has 0 N–H and O–H groups in total. The fourth-order valence-electron chi connectivity index (χ4n) is 8.30. The minimum atomic E-state index is 0.316. The number of fused-ring (bicyclic) bond motifs is 3. The molecule has 2 saturated carbocycles. The summed E-state index contributed by atoms with van der Waals surface area (Å²) in [5.41, 5.74) is 9.27. The molecular weight excluding hydrogens is 484 g/mol. The fourth-order valence-corrected chi connectivity index (χ4v) is 8.30. The Morgan fingerprint density at radius 2 is 1.80 bits per heavy atom. The summed E-state index contributed by atoms with van der Waals surface area (Å²) < 4.78 is 0. The highest BCUT2D eigenvalue weighted by Crippen LogP contribution is 2.65. The van der Waals surface area contributed by atoms with Gasteiger partial charge in [-0.3, -0.25) is 4.79 Å². The van der Waals surface area contributed by atoms with E-state index >= 15 is 0 Å². The summed E-state index contributed by atoms with van der Waals surface area (Å²) in [6.07, 6.45) is 16.5. The molecule has 1 aromatic carbocycles. The monoisotopic (exact) mass is 540 g/mol. The van der Waals surface area contributed by atoms with E-state index in [2.05, 4.69) is 98.5 Å². The molecule has 0 aliphatic heterocycles. The molecule has 0 saturated heterocycles. The Morgan fingerprint density at radius 3 is 2.30 bits per heavy atom. The smallest absolute Gasteiger partial charge is 0.143 e. The second-order valence-electron chi connectivity index (χ2n) is 14.3. The van der Waals surface area contributed by atoms with Crippen molar-refractivity contribution in [1.82, 2.24) is 0 Å². The molecule has 1 aromatic rings. The summed E-state index contributed by atoms with van der Waals surface area (Å²) in [4.78, 5) is 11.5. The van der Waals surface area contributed by atoms with Crippen LogP contribution in [-0.4, -0.2) is 6.29 Å². The van der Waals surface area contributed by atoms with E-state index in [1.54, 1.807) is 5.57 Å². The van der Waals surface area contributed by atoms with Gasteiger partial charge in [-0.1, -0.05) is 95.5 Å². The molecule has 3 aliphatic rings. The van der Waals surface area contributed by atoms with Crippen LogP contribution in [0.3, 0.4) is 0 Å². The SMILES string of the molecule is C=C(C)CC(C)(C)C.C=CC(C)c1ccc(C2CC3(C)C(C=C)CCC3C3CC/C(=C/C=O)C(CCC)=C23)cc1. The van der Waals surface area contributed by atoms with Crippen LogP contribution in [0.5, 0.6) is 0 Å². The maximum atomic E-state index is 11.5. The molecule has 0 heterocycles. The zero-order valence-electron chi connectivity index (χ0n) is 26.7. The predicted molar refractivity (Wildman–Crippen MR) is 175 cm³/mol. The van der Waals surface area contributed by atoms with Crippen LogP contribution < -0.4 is 0 Å². The van der Waals surface area contributed by atoms with E-state index in [4.69, 9.17) is 0 Å². The molecule has 0 spiro atoms. The summed E-state index contributed by atoms with van der Waals surface area (Å²) in [6.45, 7) is 27.8. The first kappa shape index (κ1) is 32.1. The van der Waals surface area contributed by atoms with Crippen molar-refractivity contribution < 1.29 is 4.79 Å². The first-order chi connectivity index (χ1) is 18.9. The normalized spacial score (nSPS) is 29.5. The van der Waals surface area contributed by atoms with Crippen molar-refractivity contribution in [2.75, 3.05) is 0 Å². The molecule has 4 rings (SSSR count). The molecule has 6 atom stereocenters. The number of aldehydes is 1. The Labute approximate surface area is 246 Å². The first-order valence-electron chi connectivity index (χ1n) is 15.8. The highest BCUT2D eigenvalue weighted by molar-refractivity contribution is 5.69. The van der Waals surface area contributed by atoms with Crippen LogP contribution in [0.1, 0.15) is 123 Å². The van der Waals surface area contributed by atoms with Gasteiger partial charge in [0.15, 0.2) is 0 Å². The van der Waals surface area contributed by atoms with E-state index in [-0.39, 0.29) is 0 Å². The number of benzene rings is 1. The number of carbonyl (C=O) groups excluding carboxylic acids is 1. The lowest BCUT2D eigenvalue weighted by molar-refractivity contribution is -0.104. The van der Waals surface area contributed by atoms with Crippen LogP contribution in [0.4, 0.5) is 0 Å². The minimum absolute atomic E-state index is 0.316. The Kier molecular flexibility index (Phi) is 10.8. The molecule has 0 bridgehead atoms. The quantitative estimate of drug-likeness (QED) is 0.182. The van der Waals surface area contributed by atoms with Crippen molar-refractivity contribution in [2.24, 2.45) is 28.6 Å². The van der Waals surface area contributed by atoms with E-state index in [1.165, 1.54) is 53.5 Å². The van der Waals surface area contributed by atoms with Gasteiger partial charge in [-0.15, -0.1) is 19.7 Å². The lowest BCUT2D eigenvalue weighted by Gasteiger charge is -2.52. The van der Waals surface area contributed by atoms with Gasteiger partial charge >= 0.3 is 0 Å². The molecule has 0 aromatic heterocycles. The summed E-state index contributed by atoms with van der Waals surface area (Å²) in [6, 6.07) is 9.34. The molecule has 6 unspecified atom stereocenters. The number of allylic oxidation sites excluding steroid dienone is 7. The van der Waals surface area contributed by atoms with Gasteiger partial charge in [0.2, 0.25) is 0 Å². The molecule has 0 radical (unpaired) electrons. The highest BCUT2D eigenvalue weighted by atomic mass is 16.1. The Morgan fingerprint density at radius 1 is 1.12 bits per heavy atom. The number of hydrogen-bond donors (Lipinski definition) is 0. The Balaban J connectivity index is 0.000000482. The number of hydrogen-bond acceptors (Lipinski definition) is 1. The lowest BCUT2D eigenvalue weighted by Crippen LogP contribution is -2.42. The van der Waals surface area contributed by atoms with Crippen LogP contribution >= 0.6 is 0 Å². The van der Waals surface area contributed by atoms with Crippen molar-refractivity contribution in [3.63, 3.8) is 0 Å². The number of carbonyl (C=O) groups is 1. The van der Waals surface area contributed by atoms with Gasteiger partial charge in [-0.25, -0.2) is 0 Å². The lowest BCUT2D eigenvalue weighted by atomic mass is 9.52. The molecule has 218 valence electrons. The zero-order valence-corrected chi connectivity index (χ0v) is 26.7. The van der Waals surface area contributed by atoms with E-state index in [0.29, 0.717) is 34.5 Å². The predicted octanol–water partition coefficient (Wildman–Crippen LogP) is 11.3. The standard InChI is InChI=1S/C31H40O.C8H16/c1-6-9-26-24(18-19-32)14-16-27-29-17-15-25(8-3)31(29,5)20-28(30(26)27)23-12-10-22(11-13-23)21(4)7-2;1-7(2)6-8(3,4)5/h7-8,10-13,18-19,21,25,27-29H,2-3,6,9,14-17,20H2,1,4-5H3;1,6H2,2-5H3/b24-18-;. The van der Waals surface area contributed by atoms with Crippen molar-refractivity contribution >= 4 is 6.29 Å².